The second-order valence-corrected chi connectivity index (χ2v) is 6.92. The Morgan fingerprint density at radius 3 is 2.62 bits per heavy atom. The van der Waals surface area contributed by atoms with Gasteiger partial charge in [0.05, 0.1) is 12.7 Å². The number of carbonyl (C=O) groups excluding carboxylic acids is 1. The molecule has 0 saturated heterocycles. The van der Waals surface area contributed by atoms with Gasteiger partial charge in [0.1, 0.15) is 5.60 Å². The number of nitrogens with one attached hydrogen (secondary N) is 3. The van der Waals surface area contributed by atoms with Gasteiger partial charge in [-0.15, -0.1) is 24.0 Å². The highest BCUT2D eigenvalue weighted by molar-refractivity contribution is 14.0. The number of aromatic nitrogens is 2. The Labute approximate surface area is 189 Å². The third-order valence-electron chi connectivity index (χ3n) is 4.20. The predicted octanol–water partition coefficient (Wildman–Crippen LogP) is 1.54. The van der Waals surface area contributed by atoms with Gasteiger partial charge >= 0.3 is 0 Å². The van der Waals surface area contributed by atoms with E-state index in [1.54, 1.807) is 37.1 Å². The van der Waals surface area contributed by atoms with E-state index in [0.717, 1.165) is 5.56 Å². The number of benzene rings is 1. The molecular weight excluding hydrogens is 483 g/mol. The molecule has 1 unspecified atom stereocenters. The van der Waals surface area contributed by atoms with Crippen molar-refractivity contribution in [1.29, 1.82) is 0 Å². The van der Waals surface area contributed by atoms with Crippen molar-refractivity contribution in [2.24, 2.45) is 12.0 Å². The maximum Gasteiger partial charge on any atom is 0.251 e. The van der Waals surface area contributed by atoms with Gasteiger partial charge in [-0.3, -0.25) is 9.48 Å². The van der Waals surface area contributed by atoms with E-state index in [-0.39, 0.29) is 36.4 Å². The summed E-state index contributed by atoms with van der Waals surface area (Å²) in [4.78, 5) is 16.6. The smallest absolute Gasteiger partial charge is 0.251 e. The molecule has 0 aliphatic rings. The van der Waals surface area contributed by atoms with Crippen LogP contribution in [0.15, 0.2) is 41.7 Å². The molecule has 29 heavy (non-hydrogen) atoms. The van der Waals surface area contributed by atoms with E-state index in [1.807, 2.05) is 32.0 Å². The van der Waals surface area contributed by atoms with Crippen LogP contribution in [0.4, 0.5) is 0 Å². The highest BCUT2D eigenvalue weighted by atomic mass is 127. The van der Waals surface area contributed by atoms with Gasteiger partial charge in [0.25, 0.3) is 5.91 Å². The van der Waals surface area contributed by atoms with Crippen LogP contribution >= 0.6 is 24.0 Å². The number of hydrogen-bond donors (Lipinski definition) is 4. The molecule has 8 nitrogen and oxygen atoms in total. The fourth-order valence-electron chi connectivity index (χ4n) is 2.61. The first-order valence-corrected chi connectivity index (χ1v) is 9.40. The van der Waals surface area contributed by atoms with Gasteiger partial charge in [-0.25, -0.2) is 4.99 Å². The van der Waals surface area contributed by atoms with Crippen LogP contribution in [0.2, 0.25) is 0 Å². The first-order valence-electron chi connectivity index (χ1n) is 9.40. The van der Waals surface area contributed by atoms with E-state index in [0.29, 0.717) is 36.7 Å². The minimum atomic E-state index is -1.12. The Kier molecular flexibility index (Phi) is 10.1. The van der Waals surface area contributed by atoms with E-state index in [9.17, 15) is 9.90 Å². The molecule has 0 aliphatic carbocycles. The molecule has 2 rings (SSSR count). The molecule has 1 heterocycles. The van der Waals surface area contributed by atoms with Crippen molar-refractivity contribution in [2.75, 3.05) is 26.2 Å². The van der Waals surface area contributed by atoms with Gasteiger partial charge in [0.15, 0.2) is 5.96 Å². The number of guanidine groups is 1. The third-order valence-corrected chi connectivity index (χ3v) is 4.20. The molecule has 0 spiro atoms. The summed E-state index contributed by atoms with van der Waals surface area (Å²) in [5, 5.41) is 23.9. The summed E-state index contributed by atoms with van der Waals surface area (Å²) in [6, 6.07) is 7.47. The largest absolute Gasteiger partial charge is 0.383 e. The third kappa shape index (κ3) is 8.01. The molecule has 160 valence electrons. The molecule has 0 fully saturated rings. The van der Waals surface area contributed by atoms with E-state index in [1.165, 1.54) is 0 Å². The van der Waals surface area contributed by atoms with Crippen LogP contribution in [-0.2, 0) is 12.6 Å². The Bertz CT molecular complexity index is 819. The maximum atomic E-state index is 12.2. The standard InChI is InChI=1S/C20H30N6O2.HI/c1-5-21-19(24-14-20(3,28)17-12-25-26(4)13-17)23-10-9-22-18(27)16-8-6-7-15(2)11-16;/h6-8,11-13,28H,5,9-10,14H2,1-4H3,(H,22,27)(H2,21,23,24);1H. The van der Waals surface area contributed by atoms with Crippen LogP contribution < -0.4 is 16.0 Å². The summed E-state index contributed by atoms with van der Waals surface area (Å²) in [5.41, 5.74) is 1.29. The molecule has 0 radical (unpaired) electrons. The molecule has 1 atom stereocenters. The lowest BCUT2D eigenvalue weighted by atomic mass is 10.0. The molecule has 9 heteroatoms. The normalized spacial score (nSPS) is 13.2. The zero-order chi connectivity index (χ0) is 20.6. The Balaban J connectivity index is 0.00000420. The lowest BCUT2D eigenvalue weighted by Gasteiger charge is -2.20. The Morgan fingerprint density at radius 2 is 2.00 bits per heavy atom. The van der Waals surface area contributed by atoms with Gasteiger partial charge in [-0.2, -0.15) is 5.10 Å². The van der Waals surface area contributed by atoms with E-state index >= 15 is 0 Å². The fourth-order valence-corrected chi connectivity index (χ4v) is 2.61. The predicted molar refractivity (Wildman–Crippen MR) is 126 cm³/mol. The lowest BCUT2D eigenvalue weighted by Crippen LogP contribution is -2.42. The van der Waals surface area contributed by atoms with Crippen LogP contribution in [0.25, 0.3) is 0 Å². The number of aliphatic imine (C=N–C) groups is 1. The van der Waals surface area contributed by atoms with Gasteiger partial charge in [-0.1, -0.05) is 17.7 Å². The molecule has 1 amide bonds. The number of rotatable bonds is 8. The van der Waals surface area contributed by atoms with Crippen LogP contribution in [0.5, 0.6) is 0 Å². The van der Waals surface area contributed by atoms with Gasteiger partial charge < -0.3 is 21.1 Å². The summed E-state index contributed by atoms with van der Waals surface area (Å²) < 4.78 is 1.65. The highest BCUT2D eigenvalue weighted by Gasteiger charge is 2.24. The summed E-state index contributed by atoms with van der Waals surface area (Å²) in [6.07, 6.45) is 3.41. The van der Waals surface area contributed by atoms with E-state index < -0.39 is 5.60 Å². The average molecular weight is 514 g/mol. The first-order chi connectivity index (χ1) is 13.3. The highest BCUT2D eigenvalue weighted by Crippen LogP contribution is 2.19. The van der Waals surface area contributed by atoms with Crippen LogP contribution in [0.1, 0.15) is 35.3 Å². The summed E-state index contributed by atoms with van der Waals surface area (Å²) in [5.74, 6) is 0.475. The second-order valence-electron chi connectivity index (χ2n) is 6.92. The quantitative estimate of drug-likeness (QED) is 0.185. The molecular formula is C20H31IN6O2. The van der Waals surface area contributed by atoms with Gasteiger partial charge in [-0.05, 0) is 32.9 Å². The SMILES string of the molecule is CCNC(=NCC(C)(O)c1cnn(C)c1)NCCNC(=O)c1cccc(C)c1.I. The molecule has 4 N–H and O–H groups in total. The van der Waals surface area contributed by atoms with Crippen LogP contribution in [-0.4, -0.2) is 52.9 Å². The first kappa shape index (κ1) is 24.9. The van der Waals surface area contributed by atoms with Crippen molar-refractivity contribution in [1.82, 2.24) is 25.7 Å². The minimum Gasteiger partial charge on any atom is -0.383 e. The maximum absolute atomic E-state index is 12.2. The molecule has 2 aromatic rings. The molecule has 0 saturated carbocycles. The Morgan fingerprint density at radius 1 is 1.28 bits per heavy atom. The van der Waals surface area contributed by atoms with Crippen LogP contribution in [0.3, 0.4) is 0 Å². The monoisotopic (exact) mass is 514 g/mol. The number of halogens is 1. The number of hydrogen-bond acceptors (Lipinski definition) is 4. The molecule has 1 aromatic heterocycles. The number of carbonyl (C=O) groups is 1. The zero-order valence-corrected chi connectivity index (χ0v) is 19.7. The second kappa shape index (κ2) is 11.8. The number of nitrogens with zero attached hydrogens (tertiary/aromatic N) is 3. The van der Waals surface area contributed by atoms with Crippen molar-refractivity contribution >= 4 is 35.8 Å². The lowest BCUT2D eigenvalue weighted by molar-refractivity contribution is 0.0672. The van der Waals surface area contributed by atoms with Crippen molar-refractivity contribution < 1.29 is 9.90 Å². The molecule has 0 bridgehead atoms. The fraction of sp³-hybridized carbons (Fsp3) is 0.450. The average Bonchev–Trinajstić information content (AvgIpc) is 3.10. The molecule has 0 aliphatic heterocycles. The van der Waals surface area contributed by atoms with Crippen molar-refractivity contribution in [3.63, 3.8) is 0 Å². The van der Waals surface area contributed by atoms with E-state index in [4.69, 9.17) is 0 Å². The zero-order valence-electron chi connectivity index (χ0n) is 17.4. The Hall–Kier alpha value is -2.14. The summed E-state index contributed by atoms with van der Waals surface area (Å²) in [6.45, 7) is 7.47. The number of aliphatic hydroxyl groups is 1. The number of amides is 1. The number of aryl methyl sites for hydroxylation is 2. The van der Waals surface area contributed by atoms with E-state index in [2.05, 4.69) is 26.0 Å². The van der Waals surface area contributed by atoms with Crippen LogP contribution in [0, 0.1) is 6.92 Å². The summed E-state index contributed by atoms with van der Waals surface area (Å²) in [7, 11) is 1.81. The van der Waals surface area contributed by atoms with Gasteiger partial charge in [0.2, 0.25) is 0 Å². The summed E-state index contributed by atoms with van der Waals surface area (Å²) >= 11 is 0. The van der Waals surface area contributed by atoms with Crippen molar-refractivity contribution in [3.8, 4) is 0 Å². The molecule has 1 aromatic carbocycles. The minimum absolute atomic E-state index is 0. The van der Waals surface area contributed by atoms with Crippen molar-refractivity contribution in [3.05, 3.63) is 53.3 Å². The topological polar surface area (TPSA) is 104 Å². The van der Waals surface area contributed by atoms with Gasteiger partial charge in [0, 0.05) is 44.0 Å². The van der Waals surface area contributed by atoms with Crippen molar-refractivity contribution in [2.45, 2.75) is 26.4 Å².